The number of carbonyl (C=O) groups is 2. The van der Waals surface area contributed by atoms with E-state index < -0.39 is 17.7 Å². The van der Waals surface area contributed by atoms with Gasteiger partial charge in [0.1, 0.15) is 0 Å². The van der Waals surface area contributed by atoms with Crippen molar-refractivity contribution in [2.45, 2.75) is 32.7 Å². The minimum Gasteiger partial charge on any atom is -0.322 e. The molecular formula is C17H21N3O3. The predicted octanol–water partition coefficient (Wildman–Crippen LogP) is 1.73. The highest BCUT2D eigenvalue weighted by Gasteiger charge is 2.23. The van der Waals surface area contributed by atoms with Crippen LogP contribution >= 0.6 is 0 Å². The number of aromatic nitrogens is 1. The summed E-state index contributed by atoms with van der Waals surface area (Å²) >= 11 is 0. The van der Waals surface area contributed by atoms with Crippen molar-refractivity contribution >= 4 is 28.3 Å². The molecule has 0 aliphatic heterocycles. The number of rotatable bonds is 6. The first-order valence-corrected chi connectivity index (χ1v) is 7.62. The highest BCUT2D eigenvalue weighted by atomic mass is 16.2. The number of anilines is 1. The van der Waals surface area contributed by atoms with Gasteiger partial charge >= 0.3 is 0 Å². The molecule has 23 heavy (non-hydrogen) atoms. The molecule has 0 aliphatic rings. The second-order valence-corrected chi connectivity index (χ2v) is 5.53. The third-order valence-corrected chi connectivity index (χ3v) is 3.77. The number of aromatic amines is 1. The maximum absolute atomic E-state index is 12.1. The van der Waals surface area contributed by atoms with Crippen molar-refractivity contribution in [1.82, 2.24) is 10.3 Å². The molecule has 6 nitrogen and oxygen atoms in total. The predicted molar refractivity (Wildman–Crippen MR) is 90.7 cm³/mol. The first-order valence-electron chi connectivity index (χ1n) is 7.62. The second-order valence-electron chi connectivity index (χ2n) is 5.53. The molecule has 0 bridgehead atoms. The number of hydrogen-bond acceptors (Lipinski definition) is 4. The highest BCUT2D eigenvalue weighted by molar-refractivity contribution is 6.42. The standard InChI is InChI=1S/C17H21N3O3/c1-4-5-13(18-3)16(22)17(23)19-11-6-7-12-10(2)8-15(21)20-14(12)9-11/h6-9,13,18H,4-5H2,1-3H3,(H,19,23)(H,20,21). The van der Waals surface area contributed by atoms with Gasteiger partial charge in [-0.05, 0) is 38.1 Å². The number of likely N-dealkylation sites (N-methyl/N-ethyl adjacent to an activating group) is 1. The number of H-pyrrole nitrogens is 1. The van der Waals surface area contributed by atoms with E-state index in [4.69, 9.17) is 0 Å². The van der Waals surface area contributed by atoms with Gasteiger partial charge in [0, 0.05) is 17.1 Å². The van der Waals surface area contributed by atoms with Gasteiger partial charge in [-0.25, -0.2) is 0 Å². The van der Waals surface area contributed by atoms with Crippen LogP contribution < -0.4 is 16.2 Å². The summed E-state index contributed by atoms with van der Waals surface area (Å²) in [5.74, 6) is -1.15. The molecule has 2 rings (SSSR count). The molecule has 1 amide bonds. The fourth-order valence-electron chi connectivity index (χ4n) is 2.56. The fourth-order valence-corrected chi connectivity index (χ4v) is 2.56. The van der Waals surface area contributed by atoms with Crippen molar-refractivity contribution in [3.8, 4) is 0 Å². The normalized spacial score (nSPS) is 12.1. The number of benzene rings is 1. The van der Waals surface area contributed by atoms with Gasteiger partial charge in [0.05, 0.1) is 11.6 Å². The summed E-state index contributed by atoms with van der Waals surface area (Å²) < 4.78 is 0. The number of Topliss-reactive ketones (excluding diaryl/α,β-unsaturated/α-hetero) is 1. The summed E-state index contributed by atoms with van der Waals surface area (Å²) in [6.45, 7) is 3.80. The molecular weight excluding hydrogens is 294 g/mol. The molecule has 1 aromatic carbocycles. The Morgan fingerprint density at radius 3 is 2.65 bits per heavy atom. The van der Waals surface area contributed by atoms with Crippen LogP contribution in [0.3, 0.4) is 0 Å². The summed E-state index contributed by atoms with van der Waals surface area (Å²) in [5, 5.41) is 6.35. The van der Waals surface area contributed by atoms with Crippen molar-refractivity contribution in [2.24, 2.45) is 0 Å². The molecule has 0 saturated heterocycles. The van der Waals surface area contributed by atoms with Gasteiger partial charge in [-0.2, -0.15) is 0 Å². The molecule has 0 radical (unpaired) electrons. The minimum atomic E-state index is -0.660. The van der Waals surface area contributed by atoms with Crippen LogP contribution in [0.15, 0.2) is 29.1 Å². The summed E-state index contributed by atoms with van der Waals surface area (Å²) in [6, 6.07) is 6.22. The lowest BCUT2D eigenvalue weighted by Gasteiger charge is -2.13. The molecule has 2 aromatic rings. The number of carbonyl (C=O) groups excluding carboxylic acids is 2. The summed E-state index contributed by atoms with van der Waals surface area (Å²) in [7, 11) is 1.66. The topological polar surface area (TPSA) is 91.1 Å². The number of fused-ring (bicyclic) bond motifs is 1. The van der Waals surface area contributed by atoms with E-state index in [1.54, 1.807) is 19.2 Å². The molecule has 1 unspecified atom stereocenters. The summed E-state index contributed by atoms with van der Waals surface area (Å²) in [6.07, 6.45) is 1.41. The molecule has 1 heterocycles. The van der Waals surface area contributed by atoms with E-state index in [2.05, 4.69) is 15.6 Å². The van der Waals surface area contributed by atoms with Crippen LogP contribution in [0.2, 0.25) is 0 Å². The Morgan fingerprint density at radius 2 is 2.00 bits per heavy atom. The average molecular weight is 315 g/mol. The van der Waals surface area contributed by atoms with Crippen LogP contribution in [-0.2, 0) is 9.59 Å². The molecule has 122 valence electrons. The largest absolute Gasteiger partial charge is 0.322 e. The van der Waals surface area contributed by atoms with Crippen LogP contribution in [0.5, 0.6) is 0 Å². The second kappa shape index (κ2) is 7.19. The van der Waals surface area contributed by atoms with Crippen LogP contribution in [-0.4, -0.2) is 29.8 Å². The average Bonchev–Trinajstić information content (AvgIpc) is 2.51. The van der Waals surface area contributed by atoms with Crippen molar-refractivity contribution < 1.29 is 9.59 Å². The molecule has 0 fully saturated rings. The monoisotopic (exact) mass is 315 g/mol. The summed E-state index contributed by atoms with van der Waals surface area (Å²) in [4.78, 5) is 38.5. The number of aryl methyl sites for hydroxylation is 1. The van der Waals surface area contributed by atoms with Crippen LogP contribution in [0.25, 0.3) is 10.9 Å². The first-order chi connectivity index (χ1) is 11.0. The Hall–Kier alpha value is -2.47. The van der Waals surface area contributed by atoms with Crippen LogP contribution in [0.4, 0.5) is 5.69 Å². The molecule has 1 aromatic heterocycles. The van der Waals surface area contributed by atoms with E-state index in [1.165, 1.54) is 6.07 Å². The quantitative estimate of drug-likeness (QED) is 0.708. The number of amides is 1. The number of hydrogen-bond donors (Lipinski definition) is 3. The van der Waals surface area contributed by atoms with Crippen molar-refractivity contribution in [2.75, 3.05) is 12.4 Å². The van der Waals surface area contributed by atoms with E-state index in [0.29, 0.717) is 17.6 Å². The van der Waals surface area contributed by atoms with E-state index in [9.17, 15) is 14.4 Å². The highest BCUT2D eigenvalue weighted by Crippen LogP contribution is 2.19. The van der Waals surface area contributed by atoms with E-state index in [0.717, 1.165) is 17.4 Å². The lowest BCUT2D eigenvalue weighted by molar-refractivity contribution is -0.136. The number of pyridine rings is 1. The lowest BCUT2D eigenvalue weighted by atomic mass is 10.1. The molecule has 0 spiro atoms. The minimum absolute atomic E-state index is 0.201. The molecule has 0 aliphatic carbocycles. The maximum atomic E-state index is 12.1. The molecule has 3 N–H and O–H groups in total. The van der Waals surface area contributed by atoms with Crippen LogP contribution in [0, 0.1) is 6.92 Å². The van der Waals surface area contributed by atoms with E-state index in [1.807, 2.05) is 19.9 Å². The smallest absolute Gasteiger partial charge is 0.293 e. The Kier molecular flexibility index (Phi) is 5.28. The van der Waals surface area contributed by atoms with E-state index >= 15 is 0 Å². The zero-order chi connectivity index (χ0) is 17.0. The fraction of sp³-hybridized carbons (Fsp3) is 0.353. The molecule has 6 heteroatoms. The van der Waals surface area contributed by atoms with Gasteiger partial charge in [-0.1, -0.05) is 19.4 Å². The third kappa shape index (κ3) is 3.84. The first kappa shape index (κ1) is 16.9. The molecule has 0 saturated carbocycles. The van der Waals surface area contributed by atoms with Crippen molar-refractivity contribution in [3.63, 3.8) is 0 Å². The van der Waals surface area contributed by atoms with E-state index in [-0.39, 0.29) is 5.56 Å². The lowest BCUT2D eigenvalue weighted by Crippen LogP contribution is -2.41. The Balaban J connectivity index is 2.23. The third-order valence-electron chi connectivity index (χ3n) is 3.77. The van der Waals surface area contributed by atoms with Gasteiger partial charge in [0.15, 0.2) is 0 Å². The zero-order valence-corrected chi connectivity index (χ0v) is 13.5. The van der Waals surface area contributed by atoms with Gasteiger partial charge < -0.3 is 15.6 Å². The maximum Gasteiger partial charge on any atom is 0.293 e. The van der Waals surface area contributed by atoms with Crippen LogP contribution in [0.1, 0.15) is 25.3 Å². The van der Waals surface area contributed by atoms with Gasteiger partial charge in [-0.15, -0.1) is 0 Å². The number of ketones is 1. The van der Waals surface area contributed by atoms with Gasteiger partial charge in [0.25, 0.3) is 5.91 Å². The Labute approximate surface area is 134 Å². The zero-order valence-electron chi connectivity index (χ0n) is 13.5. The van der Waals surface area contributed by atoms with Gasteiger partial charge in [-0.3, -0.25) is 14.4 Å². The number of nitrogens with one attached hydrogen (secondary N) is 3. The SMILES string of the molecule is CCCC(NC)C(=O)C(=O)Nc1ccc2c(C)cc(=O)[nH]c2c1. The Bertz CT molecular complexity index is 795. The Morgan fingerprint density at radius 1 is 1.26 bits per heavy atom. The van der Waals surface area contributed by atoms with Crippen molar-refractivity contribution in [3.05, 3.63) is 40.2 Å². The van der Waals surface area contributed by atoms with Crippen molar-refractivity contribution in [1.29, 1.82) is 0 Å². The summed E-state index contributed by atoms with van der Waals surface area (Å²) in [5.41, 5.74) is 1.76. The molecule has 1 atom stereocenters. The van der Waals surface area contributed by atoms with Gasteiger partial charge in [0.2, 0.25) is 11.3 Å².